The minimum Gasteiger partial charge on any atom is -0.233 e. The van der Waals surface area contributed by atoms with Crippen molar-refractivity contribution < 1.29 is 9.78 Å². The summed E-state index contributed by atoms with van der Waals surface area (Å²) in [5, 5.41) is 0. The average molecular weight is 292 g/mol. The molecule has 0 aromatic heterocycles. The second kappa shape index (κ2) is 5.23. The van der Waals surface area contributed by atoms with Crippen LogP contribution in [0.15, 0.2) is 0 Å². The van der Waals surface area contributed by atoms with Gasteiger partial charge in [0.05, 0.1) is 12.2 Å². The quantitative estimate of drug-likeness (QED) is 0.635. The highest BCUT2D eigenvalue weighted by atomic mass is 17.2. The highest BCUT2D eigenvalue weighted by Gasteiger charge is 2.52. The van der Waals surface area contributed by atoms with Gasteiger partial charge in [-0.15, -0.1) is 0 Å². The van der Waals surface area contributed by atoms with Gasteiger partial charge in [-0.05, 0) is 86.4 Å². The lowest BCUT2D eigenvalue weighted by Crippen LogP contribution is -2.41. The van der Waals surface area contributed by atoms with Crippen LogP contribution in [0.25, 0.3) is 0 Å². The van der Waals surface area contributed by atoms with Crippen molar-refractivity contribution in [1.82, 2.24) is 0 Å². The van der Waals surface area contributed by atoms with Crippen LogP contribution in [-0.4, -0.2) is 12.2 Å². The third-order valence-corrected chi connectivity index (χ3v) is 7.35. The van der Waals surface area contributed by atoms with Crippen LogP contribution in [0.1, 0.15) is 72.1 Å². The normalized spacial score (nSPS) is 50.1. The van der Waals surface area contributed by atoms with Crippen LogP contribution in [-0.2, 0) is 9.78 Å². The van der Waals surface area contributed by atoms with E-state index in [0.29, 0.717) is 17.6 Å². The van der Waals surface area contributed by atoms with E-state index in [1.54, 1.807) is 0 Å². The Morgan fingerprint density at radius 1 is 0.714 bits per heavy atom. The van der Waals surface area contributed by atoms with Crippen LogP contribution in [0, 0.1) is 35.0 Å². The Balaban J connectivity index is 1.41. The monoisotopic (exact) mass is 292 g/mol. The smallest absolute Gasteiger partial charge is 0.0962 e. The average Bonchev–Trinajstić information content (AvgIpc) is 2.85. The first kappa shape index (κ1) is 14.5. The van der Waals surface area contributed by atoms with Crippen molar-refractivity contribution in [3.05, 3.63) is 0 Å². The van der Waals surface area contributed by atoms with Gasteiger partial charge in [0, 0.05) is 0 Å². The van der Waals surface area contributed by atoms with Crippen molar-refractivity contribution in [1.29, 1.82) is 0 Å². The van der Waals surface area contributed by atoms with Gasteiger partial charge >= 0.3 is 0 Å². The molecule has 21 heavy (non-hydrogen) atoms. The maximum Gasteiger partial charge on any atom is 0.0962 e. The van der Waals surface area contributed by atoms with Crippen LogP contribution >= 0.6 is 0 Å². The van der Waals surface area contributed by atoms with E-state index in [-0.39, 0.29) is 0 Å². The van der Waals surface area contributed by atoms with Gasteiger partial charge in [-0.1, -0.05) is 20.8 Å². The molecule has 3 saturated carbocycles. The van der Waals surface area contributed by atoms with Gasteiger partial charge in [0.1, 0.15) is 0 Å². The minimum absolute atomic E-state index is 0.419. The zero-order valence-electron chi connectivity index (χ0n) is 14.0. The third kappa shape index (κ3) is 2.57. The third-order valence-electron chi connectivity index (χ3n) is 7.35. The summed E-state index contributed by atoms with van der Waals surface area (Å²) in [5.41, 5.74) is 0.508. The molecule has 0 amide bonds. The zero-order valence-corrected chi connectivity index (χ0v) is 14.0. The maximum absolute atomic E-state index is 5.63. The molecule has 1 heterocycles. The molecule has 4 aliphatic rings. The molecule has 5 unspecified atom stereocenters. The number of fused-ring (bicyclic) bond motifs is 1. The van der Waals surface area contributed by atoms with Crippen LogP contribution in [0.3, 0.4) is 0 Å². The summed E-state index contributed by atoms with van der Waals surface area (Å²) in [7, 11) is 0. The molecule has 2 bridgehead atoms. The van der Waals surface area contributed by atoms with Gasteiger partial charge in [-0.2, -0.15) is 0 Å². The lowest BCUT2D eigenvalue weighted by Gasteiger charge is -2.45. The molecule has 4 rings (SSSR count). The molecule has 0 spiro atoms. The van der Waals surface area contributed by atoms with Crippen LogP contribution in [0.2, 0.25) is 0 Å². The molecular weight excluding hydrogens is 260 g/mol. The predicted octanol–water partition coefficient (Wildman–Crippen LogP) is 4.97. The number of hydrogen-bond donors (Lipinski definition) is 0. The highest BCUT2D eigenvalue weighted by molar-refractivity contribution is 4.99. The molecule has 0 radical (unpaired) electrons. The Labute approximate surface area is 129 Å². The fourth-order valence-electron chi connectivity index (χ4n) is 6.10. The first-order valence-electron chi connectivity index (χ1n) is 9.34. The lowest BCUT2D eigenvalue weighted by molar-refractivity contribution is -0.377. The molecule has 1 saturated heterocycles. The van der Waals surface area contributed by atoms with Gasteiger partial charge in [0.2, 0.25) is 0 Å². The summed E-state index contributed by atoms with van der Waals surface area (Å²) in [6.07, 6.45) is 11.9. The van der Waals surface area contributed by atoms with E-state index >= 15 is 0 Å². The van der Waals surface area contributed by atoms with Crippen molar-refractivity contribution in [3.8, 4) is 0 Å². The van der Waals surface area contributed by atoms with E-state index < -0.39 is 0 Å². The molecule has 5 atom stereocenters. The Kier molecular flexibility index (Phi) is 3.61. The minimum atomic E-state index is 0.419. The summed E-state index contributed by atoms with van der Waals surface area (Å²) in [6, 6.07) is 0. The van der Waals surface area contributed by atoms with Gasteiger partial charge in [0.15, 0.2) is 0 Å². The number of rotatable bonds is 1. The topological polar surface area (TPSA) is 18.5 Å². The SMILES string of the molecule is CC(C)(C)C1CCC(C2CCC3OOC4CC3C2C4)CC1. The van der Waals surface area contributed by atoms with Gasteiger partial charge in [-0.3, -0.25) is 0 Å². The van der Waals surface area contributed by atoms with E-state index in [0.717, 1.165) is 29.6 Å². The Morgan fingerprint density at radius 3 is 2.14 bits per heavy atom. The van der Waals surface area contributed by atoms with Crippen molar-refractivity contribution in [2.24, 2.45) is 35.0 Å². The summed E-state index contributed by atoms with van der Waals surface area (Å²) in [4.78, 5) is 11.2. The molecule has 2 nitrogen and oxygen atoms in total. The molecule has 2 heteroatoms. The molecule has 120 valence electrons. The van der Waals surface area contributed by atoms with E-state index in [9.17, 15) is 0 Å². The summed E-state index contributed by atoms with van der Waals surface area (Å²) in [6.45, 7) is 7.29. The van der Waals surface area contributed by atoms with E-state index in [1.165, 1.54) is 51.4 Å². The van der Waals surface area contributed by atoms with Crippen molar-refractivity contribution in [2.75, 3.05) is 0 Å². The van der Waals surface area contributed by atoms with E-state index in [2.05, 4.69) is 20.8 Å². The summed E-state index contributed by atoms with van der Waals surface area (Å²) in [5.74, 6) is 4.64. The maximum atomic E-state index is 5.63. The standard InChI is InChI=1S/C19H32O2/c1-19(2,3)13-6-4-12(5-7-13)15-8-9-18-17-11-14(20-21-18)10-16(15)17/h12-18H,4-11H2,1-3H3. The first-order chi connectivity index (χ1) is 10.0. The highest BCUT2D eigenvalue weighted by Crippen LogP contribution is 2.55. The molecule has 3 aliphatic carbocycles. The van der Waals surface area contributed by atoms with Gasteiger partial charge in [0.25, 0.3) is 0 Å². The molecule has 0 aromatic rings. The number of hydrogen-bond acceptors (Lipinski definition) is 2. The zero-order chi connectivity index (χ0) is 14.6. The first-order valence-corrected chi connectivity index (χ1v) is 9.34. The Bertz CT molecular complexity index is 378. The molecular formula is C19H32O2. The fraction of sp³-hybridized carbons (Fsp3) is 1.00. The van der Waals surface area contributed by atoms with Crippen molar-refractivity contribution in [2.45, 2.75) is 84.3 Å². The van der Waals surface area contributed by atoms with Gasteiger partial charge in [-0.25, -0.2) is 9.78 Å². The van der Waals surface area contributed by atoms with Crippen LogP contribution < -0.4 is 0 Å². The lowest BCUT2D eigenvalue weighted by atomic mass is 9.61. The Morgan fingerprint density at radius 2 is 1.43 bits per heavy atom. The van der Waals surface area contributed by atoms with Crippen LogP contribution in [0.5, 0.6) is 0 Å². The van der Waals surface area contributed by atoms with Crippen molar-refractivity contribution in [3.63, 3.8) is 0 Å². The molecule has 0 aromatic carbocycles. The second-order valence-electron chi connectivity index (χ2n) is 9.37. The fourth-order valence-corrected chi connectivity index (χ4v) is 6.10. The molecule has 1 aliphatic heterocycles. The van der Waals surface area contributed by atoms with E-state index in [4.69, 9.17) is 9.78 Å². The second-order valence-corrected chi connectivity index (χ2v) is 9.37. The Hall–Kier alpha value is -0.0800. The van der Waals surface area contributed by atoms with Gasteiger partial charge < -0.3 is 0 Å². The predicted molar refractivity (Wildman–Crippen MR) is 83.6 cm³/mol. The van der Waals surface area contributed by atoms with E-state index in [1.807, 2.05) is 0 Å². The largest absolute Gasteiger partial charge is 0.233 e. The summed E-state index contributed by atoms with van der Waals surface area (Å²) >= 11 is 0. The summed E-state index contributed by atoms with van der Waals surface area (Å²) < 4.78 is 0. The van der Waals surface area contributed by atoms with Crippen molar-refractivity contribution >= 4 is 0 Å². The van der Waals surface area contributed by atoms with Crippen LogP contribution in [0.4, 0.5) is 0 Å². The molecule has 0 N–H and O–H groups in total. The molecule has 4 fully saturated rings.